The molecule has 0 fully saturated rings. The molecule has 2 nitrogen and oxygen atoms in total. The van der Waals surface area contributed by atoms with E-state index in [-0.39, 0.29) is 12.2 Å². The van der Waals surface area contributed by atoms with Gasteiger partial charge in [0.05, 0.1) is 12.2 Å². The van der Waals surface area contributed by atoms with Crippen molar-refractivity contribution in [1.82, 2.24) is 0 Å². The van der Waals surface area contributed by atoms with Gasteiger partial charge < -0.3 is 9.47 Å². The molecule has 0 saturated carbocycles. The Kier molecular flexibility index (Phi) is 5.00. The van der Waals surface area contributed by atoms with E-state index in [9.17, 15) is 0 Å². The number of hydrogen-bond acceptors (Lipinski definition) is 3. The van der Waals surface area contributed by atoms with Gasteiger partial charge in [-0.1, -0.05) is 0 Å². The maximum Gasteiger partial charge on any atom is 0.124 e. The van der Waals surface area contributed by atoms with E-state index in [0.29, 0.717) is 0 Å². The van der Waals surface area contributed by atoms with Gasteiger partial charge in [-0.25, -0.2) is 0 Å². The third kappa shape index (κ3) is 4.35. The molecule has 0 atom stereocenters. The van der Waals surface area contributed by atoms with Crippen LogP contribution in [0.25, 0.3) is 0 Å². The predicted octanol–water partition coefficient (Wildman–Crippen LogP) is 3.98. The number of benzene rings is 1. The molecule has 0 bridgehead atoms. The van der Waals surface area contributed by atoms with E-state index in [1.165, 1.54) is 0 Å². The third-order valence-corrected chi connectivity index (χ3v) is 2.54. The molecular weight excluding hydrogens is 220 g/mol. The van der Waals surface area contributed by atoms with E-state index in [1.54, 1.807) is 11.8 Å². The molecule has 3 heteroatoms. The second kappa shape index (κ2) is 6.04. The normalized spacial score (nSPS) is 10.9. The molecule has 0 aliphatic heterocycles. The van der Waals surface area contributed by atoms with Crippen molar-refractivity contribution < 1.29 is 9.47 Å². The summed E-state index contributed by atoms with van der Waals surface area (Å²) in [5, 5.41) is 0. The zero-order chi connectivity index (χ0) is 12.1. The topological polar surface area (TPSA) is 18.5 Å². The minimum atomic E-state index is 0.184. The van der Waals surface area contributed by atoms with Gasteiger partial charge in [-0.3, -0.25) is 0 Å². The molecule has 0 heterocycles. The van der Waals surface area contributed by atoms with Gasteiger partial charge in [0.2, 0.25) is 0 Å². The Labute approximate surface area is 102 Å². The standard InChI is InChI=1S/C13H20O2S/c1-9(2)14-11-6-12(15-10(3)4)8-13(7-11)16-5/h6-10H,1-5H3. The molecular formula is C13H20O2S. The summed E-state index contributed by atoms with van der Waals surface area (Å²) in [7, 11) is 0. The van der Waals surface area contributed by atoms with Crippen LogP contribution >= 0.6 is 11.8 Å². The summed E-state index contributed by atoms with van der Waals surface area (Å²) in [5.41, 5.74) is 0. The van der Waals surface area contributed by atoms with Crippen molar-refractivity contribution in [1.29, 1.82) is 0 Å². The lowest BCUT2D eigenvalue weighted by atomic mass is 10.3. The number of hydrogen-bond donors (Lipinski definition) is 0. The smallest absolute Gasteiger partial charge is 0.124 e. The highest BCUT2D eigenvalue weighted by molar-refractivity contribution is 7.98. The molecule has 0 unspecified atom stereocenters. The highest BCUT2D eigenvalue weighted by Gasteiger charge is 2.05. The van der Waals surface area contributed by atoms with Gasteiger partial charge in [0.15, 0.2) is 0 Å². The Morgan fingerprint density at radius 1 is 0.875 bits per heavy atom. The highest BCUT2D eigenvalue weighted by Crippen LogP contribution is 2.29. The van der Waals surface area contributed by atoms with Crippen LogP contribution in [0, 0.1) is 0 Å². The maximum absolute atomic E-state index is 5.69. The summed E-state index contributed by atoms with van der Waals surface area (Å²) in [4.78, 5) is 1.16. The minimum absolute atomic E-state index is 0.184. The van der Waals surface area contributed by atoms with Crippen LogP contribution in [0.1, 0.15) is 27.7 Å². The summed E-state index contributed by atoms with van der Waals surface area (Å²) in [6.45, 7) is 8.09. The van der Waals surface area contributed by atoms with Gasteiger partial charge in [-0.15, -0.1) is 11.8 Å². The van der Waals surface area contributed by atoms with Crippen LogP contribution in [-0.2, 0) is 0 Å². The van der Waals surface area contributed by atoms with Crippen LogP contribution in [0.5, 0.6) is 11.5 Å². The number of thioether (sulfide) groups is 1. The molecule has 0 radical (unpaired) electrons. The van der Waals surface area contributed by atoms with Crippen LogP contribution < -0.4 is 9.47 Å². The van der Waals surface area contributed by atoms with Crippen molar-refractivity contribution in [2.24, 2.45) is 0 Å². The molecule has 90 valence electrons. The molecule has 0 saturated heterocycles. The van der Waals surface area contributed by atoms with Gasteiger partial charge in [0.1, 0.15) is 11.5 Å². The van der Waals surface area contributed by atoms with Crippen molar-refractivity contribution in [3.05, 3.63) is 18.2 Å². The van der Waals surface area contributed by atoms with E-state index in [2.05, 4.69) is 0 Å². The fourth-order valence-electron chi connectivity index (χ4n) is 1.34. The van der Waals surface area contributed by atoms with Crippen LogP contribution in [0.15, 0.2) is 23.1 Å². The Hall–Kier alpha value is -0.830. The Morgan fingerprint density at radius 3 is 1.62 bits per heavy atom. The number of rotatable bonds is 5. The third-order valence-electron chi connectivity index (χ3n) is 1.83. The summed E-state index contributed by atoms with van der Waals surface area (Å²) >= 11 is 1.69. The monoisotopic (exact) mass is 240 g/mol. The first-order chi connectivity index (χ1) is 7.51. The van der Waals surface area contributed by atoms with Crippen molar-refractivity contribution in [2.75, 3.05) is 6.26 Å². The molecule has 0 N–H and O–H groups in total. The quantitative estimate of drug-likeness (QED) is 0.725. The zero-order valence-corrected chi connectivity index (χ0v) is 11.4. The van der Waals surface area contributed by atoms with Gasteiger partial charge in [0.25, 0.3) is 0 Å². The second-order valence-electron chi connectivity index (χ2n) is 4.18. The lowest BCUT2D eigenvalue weighted by Gasteiger charge is -2.15. The van der Waals surface area contributed by atoms with E-state index < -0.39 is 0 Å². The van der Waals surface area contributed by atoms with Crippen molar-refractivity contribution in [3.8, 4) is 11.5 Å². The van der Waals surface area contributed by atoms with Crippen LogP contribution in [0.4, 0.5) is 0 Å². The fraction of sp³-hybridized carbons (Fsp3) is 0.538. The van der Waals surface area contributed by atoms with Gasteiger partial charge in [-0.2, -0.15) is 0 Å². The van der Waals surface area contributed by atoms with E-state index >= 15 is 0 Å². The lowest BCUT2D eigenvalue weighted by Crippen LogP contribution is -2.08. The average molecular weight is 240 g/mol. The van der Waals surface area contributed by atoms with Gasteiger partial charge in [-0.05, 0) is 46.1 Å². The van der Waals surface area contributed by atoms with Crippen molar-refractivity contribution >= 4 is 11.8 Å². The summed E-state index contributed by atoms with van der Waals surface area (Å²) in [5.74, 6) is 1.75. The molecule has 1 aromatic rings. The first-order valence-electron chi connectivity index (χ1n) is 5.53. The predicted molar refractivity (Wildman–Crippen MR) is 69.8 cm³/mol. The van der Waals surface area contributed by atoms with Gasteiger partial charge in [0, 0.05) is 11.0 Å². The summed E-state index contributed by atoms with van der Waals surface area (Å²) in [6.07, 6.45) is 2.42. The van der Waals surface area contributed by atoms with Crippen LogP contribution in [0.3, 0.4) is 0 Å². The SMILES string of the molecule is CSc1cc(OC(C)C)cc(OC(C)C)c1. The Balaban J connectivity index is 2.91. The first-order valence-corrected chi connectivity index (χ1v) is 6.76. The molecule has 0 aliphatic carbocycles. The molecule has 0 amide bonds. The van der Waals surface area contributed by atoms with E-state index in [4.69, 9.17) is 9.47 Å². The Bertz CT molecular complexity index is 306. The highest BCUT2D eigenvalue weighted by atomic mass is 32.2. The summed E-state index contributed by atoms with van der Waals surface area (Å²) < 4.78 is 11.4. The van der Waals surface area contributed by atoms with Gasteiger partial charge >= 0.3 is 0 Å². The van der Waals surface area contributed by atoms with Crippen molar-refractivity contribution in [3.63, 3.8) is 0 Å². The maximum atomic E-state index is 5.69. The molecule has 0 aliphatic rings. The van der Waals surface area contributed by atoms with Crippen molar-refractivity contribution in [2.45, 2.75) is 44.8 Å². The van der Waals surface area contributed by atoms with E-state index in [1.807, 2.05) is 52.1 Å². The fourth-order valence-corrected chi connectivity index (χ4v) is 1.81. The van der Waals surface area contributed by atoms with E-state index in [0.717, 1.165) is 16.4 Å². The lowest BCUT2D eigenvalue weighted by molar-refractivity contribution is 0.228. The average Bonchev–Trinajstić information content (AvgIpc) is 2.14. The second-order valence-corrected chi connectivity index (χ2v) is 5.06. The molecule has 1 aromatic carbocycles. The molecule has 16 heavy (non-hydrogen) atoms. The molecule has 0 aromatic heterocycles. The summed E-state index contributed by atoms with van der Waals surface area (Å²) in [6, 6.07) is 6.02. The van der Waals surface area contributed by atoms with Crippen LogP contribution in [-0.4, -0.2) is 18.5 Å². The number of ether oxygens (including phenoxy) is 2. The molecule has 0 spiro atoms. The molecule has 1 rings (SSSR count). The first kappa shape index (κ1) is 13.2. The largest absolute Gasteiger partial charge is 0.491 e. The minimum Gasteiger partial charge on any atom is -0.491 e. The van der Waals surface area contributed by atoms with Crippen LogP contribution in [0.2, 0.25) is 0 Å². The Morgan fingerprint density at radius 2 is 1.31 bits per heavy atom. The zero-order valence-electron chi connectivity index (χ0n) is 10.6.